The summed E-state index contributed by atoms with van der Waals surface area (Å²) in [6, 6.07) is 10.5. The molecule has 0 heterocycles. The molecule has 0 atom stereocenters. The van der Waals surface area contributed by atoms with Crippen molar-refractivity contribution in [3.05, 3.63) is 47.7 Å². The molecule has 0 aromatic heterocycles. The highest BCUT2D eigenvalue weighted by Crippen LogP contribution is 2.00. The fraction of sp³-hybridized carbons (Fsp3) is 0. The largest absolute Gasteiger partial charge is 0.475 e. The van der Waals surface area contributed by atoms with Crippen molar-refractivity contribution in [3.8, 4) is 6.07 Å². The third kappa shape index (κ3) is 3.22. The van der Waals surface area contributed by atoms with Crippen molar-refractivity contribution < 1.29 is 14.3 Å². The van der Waals surface area contributed by atoms with E-state index in [1.807, 2.05) is 30.3 Å². The highest BCUT2D eigenvalue weighted by molar-refractivity contribution is 6.40. The highest BCUT2D eigenvalue weighted by atomic mass is 16.5. The minimum atomic E-state index is -1.00. The lowest BCUT2D eigenvalue weighted by Gasteiger charge is -1.91. The van der Waals surface area contributed by atoms with Crippen molar-refractivity contribution in [2.24, 2.45) is 0 Å². The number of carbonyl (C=O) groups excluding carboxylic acids is 1. The van der Waals surface area contributed by atoms with E-state index in [4.69, 9.17) is 10.8 Å². The molecular formula is C11H7N3O2. The second kappa shape index (κ2) is 5.91. The summed E-state index contributed by atoms with van der Waals surface area (Å²) in [5, 5.41) is 8.35. The average Bonchev–Trinajstić information content (AvgIpc) is 2.32. The van der Waals surface area contributed by atoms with E-state index in [0.717, 1.165) is 11.8 Å². The van der Waals surface area contributed by atoms with Gasteiger partial charge in [-0.25, -0.2) is 4.79 Å². The number of hydrogen-bond donors (Lipinski definition) is 0. The van der Waals surface area contributed by atoms with E-state index in [9.17, 15) is 4.79 Å². The lowest BCUT2D eigenvalue weighted by atomic mass is 10.2. The number of nitriles is 1. The first kappa shape index (κ1) is 11.4. The number of ether oxygens (including phenoxy) is 1. The monoisotopic (exact) mass is 213 g/mol. The summed E-state index contributed by atoms with van der Waals surface area (Å²) in [5.41, 5.74) is 8.40. The topological polar surface area (TPSA) is 86.5 Å². The molecule has 1 rings (SSSR count). The normalized spacial score (nSPS) is 9.19. The number of benzene rings is 1. The fourth-order valence-electron chi connectivity index (χ4n) is 0.903. The van der Waals surface area contributed by atoms with Crippen LogP contribution in [0.4, 0.5) is 0 Å². The second-order valence-corrected chi connectivity index (χ2v) is 2.68. The quantitative estimate of drug-likeness (QED) is 0.250. The zero-order chi connectivity index (χ0) is 11.8. The van der Waals surface area contributed by atoms with Gasteiger partial charge in [0.2, 0.25) is 0 Å². The summed E-state index contributed by atoms with van der Waals surface area (Å²) in [7, 11) is 0. The van der Waals surface area contributed by atoms with Gasteiger partial charge >= 0.3 is 11.7 Å². The number of esters is 1. The van der Waals surface area contributed by atoms with Crippen LogP contribution in [0.3, 0.4) is 0 Å². The Labute approximate surface area is 91.8 Å². The predicted molar refractivity (Wildman–Crippen MR) is 55.8 cm³/mol. The summed E-state index contributed by atoms with van der Waals surface area (Å²) in [4.78, 5) is 13.5. The Morgan fingerprint density at radius 1 is 1.44 bits per heavy atom. The molecule has 0 fully saturated rings. The third-order valence-electron chi connectivity index (χ3n) is 1.63. The molecule has 0 unspecified atom stereocenters. The third-order valence-corrected chi connectivity index (χ3v) is 1.63. The lowest BCUT2D eigenvalue weighted by Crippen LogP contribution is -2.13. The van der Waals surface area contributed by atoms with Crippen molar-refractivity contribution in [2.45, 2.75) is 0 Å². The van der Waals surface area contributed by atoms with Crippen molar-refractivity contribution in [2.75, 3.05) is 0 Å². The van der Waals surface area contributed by atoms with E-state index in [1.54, 1.807) is 6.08 Å². The van der Waals surface area contributed by atoms with Gasteiger partial charge in [-0.1, -0.05) is 30.3 Å². The number of nitrogens with zero attached hydrogens (tertiary/aromatic N) is 3. The van der Waals surface area contributed by atoms with Crippen molar-refractivity contribution in [3.63, 3.8) is 0 Å². The van der Waals surface area contributed by atoms with Crippen LogP contribution in [0.5, 0.6) is 0 Å². The molecule has 1 aromatic rings. The first-order chi connectivity index (χ1) is 7.77. The Hall–Kier alpha value is -2.70. The zero-order valence-corrected chi connectivity index (χ0v) is 8.20. The van der Waals surface area contributed by atoms with Gasteiger partial charge in [0.1, 0.15) is 0 Å². The molecule has 0 spiro atoms. The van der Waals surface area contributed by atoms with Crippen molar-refractivity contribution in [1.29, 1.82) is 5.26 Å². The molecular weight excluding hydrogens is 206 g/mol. The first-order valence-corrected chi connectivity index (χ1v) is 4.32. The van der Waals surface area contributed by atoms with Gasteiger partial charge in [0, 0.05) is 0 Å². The van der Waals surface area contributed by atoms with Gasteiger partial charge in [-0.2, -0.15) is 5.26 Å². The van der Waals surface area contributed by atoms with E-state index in [1.165, 1.54) is 6.07 Å². The smallest absolute Gasteiger partial charge is 0.425 e. The minimum Gasteiger partial charge on any atom is -0.425 e. The maximum Gasteiger partial charge on any atom is 0.475 e. The van der Waals surface area contributed by atoms with Crippen molar-refractivity contribution in [1.82, 2.24) is 0 Å². The SMILES string of the molecule is N#CC(=[N+]=[N-])C(=O)O/C=C/c1ccccc1. The maximum atomic E-state index is 11.0. The Balaban J connectivity index is 2.60. The van der Waals surface area contributed by atoms with Gasteiger partial charge in [-0.05, 0) is 11.6 Å². The van der Waals surface area contributed by atoms with E-state index < -0.39 is 11.7 Å². The number of hydrogen-bond acceptors (Lipinski definition) is 3. The lowest BCUT2D eigenvalue weighted by molar-refractivity contribution is -0.134. The fourth-order valence-corrected chi connectivity index (χ4v) is 0.903. The summed E-state index contributed by atoms with van der Waals surface area (Å²) < 4.78 is 4.56. The summed E-state index contributed by atoms with van der Waals surface area (Å²) in [6.45, 7) is 0. The molecule has 0 aliphatic rings. The zero-order valence-electron chi connectivity index (χ0n) is 8.20. The molecule has 16 heavy (non-hydrogen) atoms. The Morgan fingerprint density at radius 3 is 2.69 bits per heavy atom. The summed E-state index contributed by atoms with van der Waals surface area (Å²) in [5.74, 6) is -1.00. The van der Waals surface area contributed by atoms with Gasteiger partial charge < -0.3 is 10.3 Å². The molecule has 0 radical (unpaired) electrons. The molecule has 1 aromatic carbocycles. The first-order valence-electron chi connectivity index (χ1n) is 4.32. The van der Waals surface area contributed by atoms with Gasteiger partial charge in [0.25, 0.3) is 0 Å². The van der Waals surface area contributed by atoms with Crippen LogP contribution < -0.4 is 0 Å². The highest BCUT2D eigenvalue weighted by Gasteiger charge is 2.20. The van der Waals surface area contributed by atoms with Crippen LogP contribution in [0.15, 0.2) is 36.6 Å². The van der Waals surface area contributed by atoms with E-state index >= 15 is 0 Å². The molecule has 0 N–H and O–H groups in total. The Morgan fingerprint density at radius 2 is 2.12 bits per heavy atom. The van der Waals surface area contributed by atoms with Crippen LogP contribution in [0.1, 0.15) is 5.56 Å². The van der Waals surface area contributed by atoms with Crippen LogP contribution >= 0.6 is 0 Å². The molecule has 5 heteroatoms. The molecule has 78 valence electrons. The second-order valence-electron chi connectivity index (χ2n) is 2.68. The molecule has 0 saturated carbocycles. The standard InChI is InChI=1S/C11H7N3O2/c12-8-10(14-13)11(15)16-7-6-9-4-2-1-3-5-9/h1-7H/b7-6+. The van der Waals surface area contributed by atoms with E-state index in [-0.39, 0.29) is 0 Å². The molecule has 0 aliphatic heterocycles. The predicted octanol–water partition coefficient (Wildman–Crippen LogP) is 1.39. The molecule has 0 amide bonds. The molecule has 5 nitrogen and oxygen atoms in total. The Bertz CT molecular complexity index is 494. The van der Waals surface area contributed by atoms with Crippen LogP contribution in [0.2, 0.25) is 0 Å². The molecule has 0 bridgehead atoms. The molecule has 0 saturated heterocycles. The van der Waals surface area contributed by atoms with Crippen LogP contribution in [-0.4, -0.2) is 16.5 Å². The van der Waals surface area contributed by atoms with E-state index in [0.29, 0.717) is 0 Å². The summed E-state index contributed by atoms with van der Waals surface area (Å²) in [6.07, 6.45) is 2.67. The van der Waals surface area contributed by atoms with Gasteiger partial charge in [0.05, 0.1) is 6.26 Å². The molecule has 0 aliphatic carbocycles. The minimum absolute atomic E-state index is 0.697. The van der Waals surface area contributed by atoms with Crippen LogP contribution in [0.25, 0.3) is 11.6 Å². The number of rotatable bonds is 3. The van der Waals surface area contributed by atoms with Gasteiger partial charge in [0.15, 0.2) is 6.07 Å². The van der Waals surface area contributed by atoms with E-state index in [2.05, 4.69) is 9.53 Å². The van der Waals surface area contributed by atoms with Gasteiger partial charge in [-0.3, -0.25) is 0 Å². The van der Waals surface area contributed by atoms with Crippen LogP contribution in [0, 0.1) is 11.3 Å². The van der Waals surface area contributed by atoms with Gasteiger partial charge in [-0.15, -0.1) is 4.79 Å². The summed E-state index contributed by atoms with van der Waals surface area (Å²) >= 11 is 0. The maximum absolute atomic E-state index is 11.0. The van der Waals surface area contributed by atoms with Crippen molar-refractivity contribution >= 4 is 17.8 Å². The average molecular weight is 213 g/mol. The Kier molecular flexibility index (Phi) is 4.20. The number of carbonyl (C=O) groups is 1. The van der Waals surface area contributed by atoms with Crippen LogP contribution in [-0.2, 0) is 9.53 Å².